The van der Waals surface area contributed by atoms with Gasteiger partial charge in [-0.05, 0) is 49.6 Å². The van der Waals surface area contributed by atoms with E-state index in [9.17, 15) is 0 Å². The number of aryl methyl sites for hydroxylation is 1. The highest BCUT2D eigenvalue weighted by Crippen LogP contribution is 2.42. The van der Waals surface area contributed by atoms with Gasteiger partial charge in [0.05, 0.1) is 11.3 Å². The van der Waals surface area contributed by atoms with Gasteiger partial charge in [-0.3, -0.25) is 0 Å². The van der Waals surface area contributed by atoms with Gasteiger partial charge in [0.1, 0.15) is 5.00 Å². The minimum absolute atomic E-state index is 0.431. The third kappa shape index (κ3) is 2.81. The van der Waals surface area contributed by atoms with E-state index in [4.69, 9.17) is 4.52 Å². The van der Waals surface area contributed by atoms with E-state index in [2.05, 4.69) is 33.7 Å². The summed E-state index contributed by atoms with van der Waals surface area (Å²) in [5.41, 5.74) is 2.33. The van der Waals surface area contributed by atoms with Gasteiger partial charge in [-0.1, -0.05) is 19.0 Å². The Kier molecular flexibility index (Phi) is 3.73. The van der Waals surface area contributed by atoms with Crippen LogP contribution in [-0.4, -0.2) is 21.6 Å². The highest BCUT2D eigenvalue weighted by Gasteiger charge is 2.30. The molecule has 21 heavy (non-hydrogen) atoms. The molecule has 3 rings (SSSR count). The summed E-state index contributed by atoms with van der Waals surface area (Å²) in [6.45, 7) is 6.65. The van der Waals surface area contributed by atoms with E-state index in [0.717, 1.165) is 34.9 Å². The Bertz CT molecular complexity index is 621. The zero-order valence-corrected chi connectivity index (χ0v) is 13.9. The second-order valence-electron chi connectivity index (χ2n) is 6.62. The van der Waals surface area contributed by atoms with Gasteiger partial charge in [-0.15, -0.1) is 0 Å². The fourth-order valence-electron chi connectivity index (χ4n) is 2.95. The lowest BCUT2D eigenvalue weighted by molar-refractivity contribution is 0.218. The van der Waals surface area contributed by atoms with Crippen molar-refractivity contribution < 1.29 is 4.52 Å². The molecule has 2 aromatic rings. The van der Waals surface area contributed by atoms with Gasteiger partial charge >= 0.3 is 0 Å². The normalized spacial score (nSPS) is 18.9. The molecule has 0 unspecified atom stereocenters. The Balaban J connectivity index is 1.82. The molecule has 2 aromatic heterocycles. The summed E-state index contributed by atoms with van der Waals surface area (Å²) in [5, 5.41) is 8.34. The second-order valence-corrected chi connectivity index (χ2v) is 7.39. The summed E-state index contributed by atoms with van der Waals surface area (Å²) in [6.07, 6.45) is 4.74. The summed E-state index contributed by atoms with van der Waals surface area (Å²) in [4.78, 5) is 4.64. The lowest BCUT2D eigenvalue weighted by Gasteiger charge is -2.32. The van der Waals surface area contributed by atoms with Crippen LogP contribution in [0.25, 0.3) is 11.5 Å². The van der Waals surface area contributed by atoms with Crippen LogP contribution in [0.3, 0.4) is 0 Å². The molecule has 1 fully saturated rings. The Labute approximate surface area is 129 Å². The highest BCUT2D eigenvalue weighted by molar-refractivity contribution is 7.10. The Morgan fingerprint density at radius 3 is 2.67 bits per heavy atom. The van der Waals surface area contributed by atoms with Gasteiger partial charge in [-0.25, -0.2) is 0 Å². The number of anilines is 1. The second kappa shape index (κ2) is 5.40. The van der Waals surface area contributed by atoms with Crippen LogP contribution in [-0.2, 0) is 0 Å². The quantitative estimate of drug-likeness (QED) is 0.919. The number of aromatic nitrogens is 3. The van der Waals surface area contributed by atoms with E-state index < -0.39 is 0 Å². The molecule has 1 aliphatic carbocycles. The molecule has 1 N–H and O–H groups in total. The third-order valence-corrected chi connectivity index (χ3v) is 5.41. The van der Waals surface area contributed by atoms with Crippen LogP contribution < -0.4 is 5.32 Å². The van der Waals surface area contributed by atoms with Crippen LogP contribution in [0.4, 0.5) is 5.00 Å². The van der Waals surface area contributed by atoms with Crippen LogP contribution in [0.15, 0.2) is 4.52 Å². The molecular formula is C15H22N4OS. The summed E-state index contributed by atoms with van der Waals surface area (Å²) in [7, 11) is 1.89. The Morgan fingerprint density at radius 2 is 2.00 bits per heavy atom. The number of hydrogen-bond donors (Lipinski definition) is 1. The monoisotopic (exact) mass is 306 g/mol. The number of nitrogens with zero attached hydrogens (tertiary/aromatic N) is 3. The smallest absolute Gasteiger partial charge is 0.262 e. The molecule has 0 atom stereocenters. The van der Waals surface area contributed by atoms with Crippen molar-refractivity contribution >= 4 is 16.5 Å². The molecule has 0 radical (unpaired) electrons. The predicted molar refractivity (Wildman–Crippen MR) is 84.7 cm³/mol. The zero-order chi connectivity index (χ0) is 15.0. The number of hydrogen-bond acceptors (Lipinski definition) is 6. The SMILES string of the molecule is CNc1snc(C)c1-c1nc(C2CCC(C)(C)CC2)no1. The maximum Gasteiger partial charge on any atom is 0.262 e. The molecule has 0 amide bonds. The summed E-state index contributed by atoms with van der Waals surface area (Å²) >= 11 is 1.43. The Morgan fingerprint density at radius 1 is 1.29 bits per heavy atom. The molecule has 1 aliphatic rings. The fraction of sp³-hybridized carbons (Fsp3) is 0.667. The van der Waals surface area contributed by atoms with Gasteiger partial charge in [-0.2, -0.15) is 9.36 Å². The van der Waals surface area contributed by atoms with E-state index in [0.29, 0.717) is 17.2 Å². The zero-order valence-electron chi connectivity index (χ0n) is 13.1. The van der Waals surface area contributed by atoms with Crippen LogP contribution in [0.1, 0.15) is 57.0 Å². The van der Waals surface area contributed by atoms with Crippen molar-refractivity contribution in [1.29, 1.82) is 0 Å². The lowest BCUT2D eigenvalue weighted by atomic mass is 9.73. The van der Waals surface area contributed by atoms with E-state index in [1.807, 2.05) is 14.0 Å². The number of nitrogens with one attached hydrogen (secondary N) is 1. The van der Waals surface area contributed by atoms with E-state index in [-0.39, 0.29) is 0 Å². The van der Waals surface area contributed by atoms with Gasteiger partial charge in [0, 0.05) is 13.0 Å². The average molecular weight is 306 g/mol. The minimum atomic E-state index is 0.431. The maximum absolute atomic E-state index is 5.50. The van der Waals surface area contributed by atoms with Crippen molar-refractivity contribution in [1.82, 2.24) is 14.5 Å². The first-order valence-corrected chi connectivity index (χ1v) is 8.25. The van der Waals surface area contributed by atoms with Gasteiger partial charge < -0.3 is 9.84 Å². The molecule has 0 saturated heterocycles. The van der Waals surface area contributed by atoms with Crippen molar-refractivity contribution in [3.8, 4) is 11.5 Å². The third-order valence-electron chi connectivity index (χ3n) is 4.45. The molecule has 2 heterocycles. The highest BCUT2D eigenvalue weighted by atomic mass is 32.1. The molecule has 0 aliphatic heterocycles. The van der Waals surface area contributed by atoms with Crippen molar-refractivity contribution in [2.24, 2.45) is 5.41 Å². The summed E-state index contributed by atoms with van der Waals surface area (Å²) < 4.78 is 9.86. The van der Waals surface area contributed by atoms with Crippen molar-refractivity contribution in [3.63, 3.8) is 0 Å². The van der Waals surface area contributed by atoms with Crippen LogP contribution in [0.5, 0.6) is 0 Å². The van der Waals surface area contributed by atoms with Crippen molar-refractivity contribution in [3.05, 3.63) is 11.5 Å². The first-order chi connectivity index (χ1) is 10.00. The summed E-state index contributed by atoms with van der Waals surface area (Å²) in [6, 6.07) is 0. The maximum atomic E-state index is 5.50. The average Bonchev–Trinajstić information content (AvgIpc) is 3.05. The molecule has 0 spiro atoms. The standard InChI is InChI=1S/C15H22N4OS/c1-9-11(14(16-4)21-19-9)13-17-12(18-20-13)10-5-7-15(2,3)8-6-10/h10,16H,5-8H2,1-4H3. The summed E-state index contributed by atoms with van der Waals surface area (Å²) in [5.74, 6) is 1.87. The fourth-order valence-corrected chi connectivity index (χ4v) is 3.69. The molecule has 6 heteroatoms. The van der Waals surface area contributed by atoms with Crippen LogP contribution >= 0.6 is 11.5 Å². The van der Waals surface area contributed by atoms with E-state index in [1.54, 1.807) is 0 Å². The van der Waals surface area contributed by atoms with Crippen molar-refractivity contribution in [2.45, 2.75) is 52.4 Å². The molecule has 1 saturated carbocycles. The molecular weight excluding hydrogens is 284 g/mol. The largest absolute Gasteiger partial charge is 0.378 e. The Hall–Kier alpha value is -1.43. The predicted octanol–water partition coefficient (Wildman–Crippen LogP) is 4.23. The van der Waals surface area contributed by atoms with E-state index >= 15 is 0 Å². The van der Waals surface area contributed by atoms with Gasteiger partial charge in [0.2, 0.25) is 0 Å². The van der Waals surface area contributed by atoms with E-state index in [1.165, 1.54) is 24.4 Å². The molecule has 0 aromatic carbocycles. The topological polar surface area (TPSA) is 63.8 Å². The minimum Gasteiger partial charge on any atom is -0.378 e. The molecule has 0 bridgehead atoms. The number of rotatable bonds is 3. The van der Waals surface area contributed by atoms with Crippen molar-refractivity contribution in [2.75, 3.05) is 12.4 Å². The molecule has 5 nitrogen and oxygen atoms in total. The lowest BCUT2D eigenvalue weighted by Crippen LogP contribution is -2.20. The van der Waals surface area contributed by atoms with Gasteiger partial charge in [0.25, 0.3) is 5.89 Å². The first-order valence-electron chi connectivity index (χ1n) is 7.48. The van der Waals surface area contributed by atoms with Gasteiger partial charge in [0.15, 0.2) is 5.82 Å². The van der Waals surface area contributed by atoms with Crippen LogP contribution in [0.2, 0.25) is 0 Å². The van der Waals surface area contributed by atoms with Crippen LogP contribution in [0, 0.1) is 12.3 Å². The first kappa shape index (κ1) is 14.5. The molecule has 114 valence electrons.